The van der Waals surface area contributed by atoms with Crippen LogP contribution in [0.25, 0.3) is 0 Å². The van der Waals surface area contributed by atoms with Gasteiger partial charge in [0.15, 0.2) is 5.82 Å². The van der Waals surface area contributed by atoms with Gasteiger partial charge in [-0.2, -0.15) is 4.37 Å². The van der Waals surface area contributed by atoms with Gasteiger partial charge in [-0.1, -0.05) is 13.8 Å². The number of hydrogen-bond donors (Lipinski definition) is 1. The van der Waals surface area contributed by atoms with E-state index in [1.807, 2.05) is 14.0 Å². The topological polar surface area (TPSA) is 47.0 Å². The van der Waals surface area contributed by atoms with Crippen molar-refractivity contribution in [1.29, 1.82) is 0 Å². The first-order valence-corrected chi connectivity index (χ1v) is 5.59. The first-order chi connectivity index (χ1) is 6.69. The lowest BCUT2D eigenvalue weighted by atomic mass is 10.1. The predicted octanol–water partition coefficient (Wildman–Crippen LogP) is 2.31. The second kappa shape index (κ2) is 5.26. The molecular formula is C9H17N3OS. The average Bonchev–Trinajstić information content (AvgIpc) is 2.61. The SMILES string of the molecule is CCOC(c1nsc(NC)n1)C(C)C. The number of hydrogen-bond acceptors (Lipinski definition) is 5. The summed E-state index contributed by atoms with van der Waals surface area (Å²) in [6.45, 7) is 6.90. The number of nitrogens with zero attached hydrogens (tertiary/aromatic N) is 2. The highest BCUT2D eigenvalue weighted by molar-refractivity contribution is 7.09. The van der Waals surface area contributed by atoms with Crippen LogP contribution < -0.4 is 5.32 Å². The van der Waals surface area contributed by atoms with E-state index in [0.29, 0.717) is 12.5 Å². The summed E-state index contributed by atoms with van der Waals surface area (Å²) < 4.78 is 9.87. The standard InChI is InChI=1S/C9H17N3OS/c1-5-13-7(6(2)3)8-11-9(10-4)14-12-8/h6-7H,5H2,1-4H3,(H,10,11,12). The average molecular weight is 215 g/mol. The Morgan fingerprint density at radius 2 is 2.21 bits per heavy atom. The van der Waals surface area contributed by atoms with Crippen molar-refractivity contribution in [3.63, 3.8) is 0 Å². The van der Waals surface area contributed by atoms with Crippen LogP contribution in [-0.2, 0) is 4.74 Å². The summed E-state index contributed by atoms with van der Waals surface area (Å²) in [4.78, 5) is 4.34. The van der Waals surface area contributed by atoms with Gasteiger partial charge in [-0.05, 0) is 12.8 Å². The third kappa shape index (κ3) is 2.65. The monoisotopic (exact) mass is 215 g/mol. The minimum absolute atomic E-state index is 0.0124. The lowest BCUT2D eigenvalue weighted by Gasteiger charge is -2.17. The van der Waals surface area contributed by atoms with Crippen LogP contribution in [0.1, 0.15) is 32.7 Å². The quantitative estimate of drug-likeness (QED) is 0.818. The summed E-state index contributed by atoms with van der Waals surface area (Å²) in [6, 6.07) is 0. The third-order valence-electron chi connectivity index (χ3n) is 1.86. The molecule has 0 aromatic carbocycles. The summed E-state index contributed by atoms with van der Waals surface area (Å²) >= 11 is 1.37. The molecule has 0 saturated heterocycles. The largest absolute Gasteiger partial charge is 0.370 e. The highest BCUT2D eigenvalue weighted by Crippen LogP contribution is 2.25. The Labute approximate surface area is 88.9 Å². The second-order valence-corrected chi connectivity index (χ2v) is 4.08. The molecule has 0 bridgehead atoms. The van der Waals surface area contributed by atoms with E-state index in [9.17, 15) is 0 Å². The van der Waals surface area contributed by atoms with E-state index >= 15 is 0 Å². The van der Waals surface area contributed by atoms with Gasteiger partial charge in [0.2, 0.25) is 5.13 Å². The van der Waals surface area contributed by atoms with Crippen molar-refractivity contribution in [2.45, 2.75) is 26.9 Å². The Morgan fingerprint density at radius 1 is 1.50 bits per heavy atom. The van der Waals surface area contributed by atoms with E-state index < -0.39 is 0 Å². The molecule has 1 aromatic rings. The Balaban J connectivity index is 2.76. The zero-order chi connectivity index (χ0) is 10.6. The van der Waals surface area contributed by atoms with E-state index in [0.717, 1.165) is 11.0 Å². The molecule has 0 aliphatic heterocycles. The molecular weight excluding hydrogens is 198 g/mol. The molecule has 4 nitrogen and oxygen atoms in total. The van der Waals surface area contributed by atoms with Crippen molar-refractivity contribution >= 4 is 16.7 Å². The third-order valence-corrected chi connectivity index (χ3v) is 2.61. The smallest absolute Gasteiger partial charge is 0.202 e. The molecule has 1 atom stereocenters. The molecule has 0 aliphatic rings. The molecule has 80 valence electrons. The van der Waals surface area contributed by atoms with E-state index in [4.69, 9.17) is 4.74 Å². The fraction of sp³-hybridized carbons (Fsp3) is 0.778. The van der Waals surface area contributed by atoms with E-state index in [-0.39, 0.29) is 6.10 Å². The van der Waals surface area contributed by atoms with Crippen LogP contribution in [0.15, 0.2) is 0 Å². The van der Waals surface area contributed by atoms with Crippen LogP contribution >= 0.6 is 11.5 Å². The molecule has 0 aliphatic carbocycles. The molecule has 1 unspecified atom stereocenters. The van der Waals surface area contributed by atoms with Gasteiger partial charge in [-0.15, -0.1) is 0 Å². The molecule has 1 aromatic heterocycles. The van der Waals surface area contributed by atoms with Crippen molar-refractivity contribution in [2.24, 2.45) is 5.92 Å². The fourth-order valence-electron chi connectivity index (χ4n) is 1.20. The summed E-state index contributed by atoms with van der Waals surface area (Å²) in [5.74, 6) is 1.19. The van der Waals surface area contributed by atoms with Gasteiger partial charge in [-0.3, -0.25) is 0 Å². The number of ether oxygens (including phenoxy) is 1. The maximum absolute atomic E-state index is 5.60. The first kappa shape index (κ1) is 11.4. The van der Waals surface area contributed by atoms with Crippen LogP contribution in [0.5, 0.6) is 0 Å². The van der Waals surface area contributed by atoms with Gasteiger partial charge < -0.3 is 10.1 Å². The van der Waals surface area contributed by atoms with Gasteiger partial charge in [-0.25, -0.2) is 4.98 Å². The van der Waals surface area contributed by atoms with Crippen LogP contribution in [0.4, 0.5) is 5.13 Å². The van der Waals surface area contributed by atoms with Crippen molar-refractivity contribution in [1.82, 2.24) is 9.36 Å². The summed E-state index contributed by atoms with van der Waals surface area (Å²) in [5, 5.41) is 3.81. The molecule has 1 heterocycles. The zero-order valence-corrected chi connectivity index (χ0v) is 9.89. The minimum atomic E-state index is 0.0124. The Hall–Kier alpha value is -0.680. The van der Waals surface area contributed by atoms with Crippen LogP contribution in [-0.4, -0.2) is 23.0 Å². The summed E-state index contributed by atoms with van der Waals surface area (Å²) in [6.07, 6.45) is 0.0124. The molecule has 1 N–H and O–H groups in total. The first-order valence-electron chi connectivity index (χ1n) is 4.82. The molecule has 1 rings (SSSR count). The maximum Gasteiger partial charge on any atom is 0.202 e. The lowest BCUT2D eigenvalue weighted by Crippen LogP contribution is -2.12. The van der Waals surface area contributed by atoms with Crippen LogP contribution in [0.2, 0.25) is 0 Å². The van der Waals surface area contributed by atoms with E-state index in [2.05, 4.69) is 28.5 Å². The molecule has 5 heteroatoms. The van der Waals surface area contributed by atoms with Gasteiger partial charge in [0, 0.05) is 25.2 Å². The number of nitrogens with one attached hydrogen (secondary N) is 1. The number of anilines is 1. The van der Waals surface area contributed by atoms with Crippen molar-refractivity contribution in [3.8, 4) is 0 Å². The van der Waals surface area contributed by atoms with Crippen molar-refractivity contribution in [2.75, 3.05) is 19.0 Å². The molecule has 14 heavy (non-hydrogen) atoms. The molecule has 0 radical (unpaired) electrons. The van der Waals surface area contributed by atoms with Crippen LogP contribution in [0.3, 0.4) is 0 Å². The lowest BCUT2D eigenvalue weighted by molar-refractivity contribution is 0.0241. The van der Waals surface area contributed by atoms with Gasteiger partial charge in [0.25, 0.3) is 0 Å². The zero-order valence-electron chi connectivity index (χ0n) is 9.07. The normalized spacial score (nSPS) is 13.2. The van der Waals surface area contributed by atoms with Crippen LogP contribution in [0, 0.1) is 5.92 Å². The highest BCUT2D eigenvalue weighted by Gasteiger charge is 2.20. The van der Waals surface area contributed by atoms with Gasteiger partial charge in [0.1, 0.15) is 6.10 Å². The van der Waals surface area contributed by atoms with Gasteiger partial charge in [0.05, 0.1) is 0 Å². The molecule has 0 saturated carbocycles. The highest BCUT2D eigenvalue weighted by atomic mass is 32.1. The summed E-state index contributed by atoms with van der Waals surface area (Å²) in [5.41, 5.74) is 0. The number of aromatic nitrogens is 2. The molecule has 0 amide bonds. The minimum Gasteiger partial charge on any atom is -0.370 e. The molecule has 0 spiro atoms. The molecule has 0 fully saturated rings. The van der Waals surface area contributed by atoms with Gasteiger partial charge >= 0.3 is 0 Å². The van der Waals surface area contributed by atoms with E-state index in [1.165, 1.54) is 11.5 Å². The van der Waals surface area contributed by atoms with E-state index in [1.54, 1.807) is 0 Å². The van der Waals surface area contributed by atoms with Crippen molar-refractivity contribution < 1.29 is 4.74 Å². The fourth-order valence-corrected chi connectivity index (χ4v) is 1.75. The summed E-state index contributed by atoms with van der Waals surface area (Å²) in [7, 11) is 1.84. The Morgan fingerprint density at radius 3 is 2.64 bits per heavy atom. The predicted molar refractivity (Wildman–Crippen MR) is 58.7 cm³/mol. The van der Waals surface area contributed by atoms with Crippen molar-refractivity contribution in [3.05, 3.63) is 5.82 Å². The maximum atomic E-state index is 5.60. The Bertz CT molecular complexity index is 275. The number of rotatable bonds is 5. The second-order valence-electron chi connectivity index (χ2n) is 3.33. The Kier molecular flexibility index (Phi) is 4.28.